The van der Waals surface area contributed by atoms with E-state index >= 15 is 0 Å². The third-order valence-corrected chi connectivity index (χ3v) is 4.39. The number of hydrogen-bond acceptors (Lipinski definition) is 4. The van der Waals surface area contributed by atoms with Crippen LogP contribution in [0.25, 0.3) is 0 Å². The Morgan fingerprint density at radius 1 is 1.05 bits per heavy atom. The van der Waals surface area contributed by atoms with E-state index in [9.17, 15) is 9.59 Å². The Hall–Kier alpha value is -1.52. The third kappa shape index (κ3) is 4.48. The van der Waals surface area contributed by atoms with Crippen molar-refractivity contribution in [2.75, 3.05) is 0 Å². The number of halogens is 1. The summed E-state index contributed by atoms with van der Waals surface area (Å²) in [6.07, 6.45) is 0. The van der Waals surface area contributed by atoms with Crippen LogP contribution in [0.1, 0.15) is 20.0 Å². The maximum absolute atomic E-state index is 11.9. The molecular formula is C13H10IN3O2S2. The molecule has 0 saturated carbocycles. The molecule has 1 aromatic heterocycles. The number of carbonyl (C=O) groups excluding carboxylic acids is 2. The Balaban J connectivity index is 1.86. The molecule has 0 saturated heterocycles. The lowest BCUT2D eigenvalue weighted by Gasteiger charge is -2.10. The van der Waals surface area contributed by atoms with Crippen LogP contribution < -0.4 is 16.2 Å². The molecule has 2 aromatic rings. The summed E-state index contributed by atoms with van der Waals surface area (Å²) in [7, 11) is 0. The highest BCUT2D eigenvalue weighted by Crippen LogP contribution is 2.10. The smallest absolute Gasteiger partial charge is 0.270 e. The quantitative estimate of drug-likeness (QED) is 0.388. The van der Waals surface area contributed by atoms with E-state index in [1.54, 1.807) is 29.6 Å². The fourth-order valence-corrected chi connectivity index (χ4v) is 2.82. The largest absolute Gasteiger partial charge is 0.297 e. The lowest BCUT2D eigenvalue weighted by Crippen LogP contribution is -2.48. The molecule has 0 aliphatic rings. The highest BCUT2D eigenvalue weighted by molar-refractivity contribution is 14.1. The summed E-state index contributed by atoms with van der Waals surface area (Å²) in [5.74, 6) is -0.640. The van der Waals surface area contributed by atoms with E-state index < -0.39 is 0 Å². The van der Waals surface area contributed by atoms with Gasteiger partial charge in [-0.3, -0.25) is 25.8 Å². The van der Waals surface area contributed by atoms with Crippen LogP contribution in [0.5, 0.6) is 0 Å². The predicted octanol–water partition coefficient (Wildman–Crippen LogP) is 2.30. The molecule has 8 heteroatoms. The molecule has 3 N–H and O–H groups in total. The van der Waals surface area contributed by atoms with Crippen LogP contribution in [-0.2, 0) is 0 Å². The molecule has 1 heterocycles. The summed E-state index contributed by atoms with van der Waals surface area (Å²) in [6.45, 7) is 0. The SMILES string of the molecule is O=C(NC(=S)NNC(=O)c1ccccc1I)c1cccs1. The van der Waals surface area contributed by atoms with E-state index in [-0.39, 0.29) is 16.9 Å². The Morgan fingerprint density at radius 3 is 2.48 bits per heavy atom. The first-order valence-electron chi connectivity index (χ1n) is 5.77. The van der Waals surface area contributed by atoms with E-state index in [0.29, 0.717) is 10.4 Å². The fourth-order valence-electron chi connectivity index (χ4n) is 1.43. The highest BCUT2D eigenvalue weighted by atomic mass is 127. The zero-order chi connectivity index (χ0) is 15.2. The summed E-state index contributed by atoms with van der Waals surface area (Å²) in [4.78, 5) is 24.2. The minimum atomic E-state index is -0.326. The second-order valence-corrected chi connectivity index (χ2v) is 6.34. The number of benzene rings is 1. The summed E-state index contributed by atoms with van der Waals surface area (Å²) in [5.41, 5.74) is 5.47. The normalized spacial score (nSPS) is 9.76. The van der Waals surface area contributed by atoms with Crippen molar-refractivity contribution >= 4 is 63.1 Å². The van der Waals surface area contributed by atoms with Crippen LogP contribution in [0.2, 0.25) is 0 Å². The number of nitrogens with one attached hydrogen (secondary N) is 3. The maximum Gasteiger partial charge on any atom is 0.270 e. The van der Waals surface area contributed by atoms with E-state index in [4.69, 9.17) is 12.2 Å². The first kappa shape index (κ1) is 15.9. The zero-order valence-electron chi connectivity index (χ0n) is 10.6. The molecular weight excluding hydrogens is 421 g/mol. The topological polar surface area (TPSA) is 70.2 Å². The average Bonchev–Trinajstić information content (AvgIpc) is 2.99. The summed E-state index contributed by atoms with van der Waals surface area (Å²) in [6, 6.07) is 10.6. The number of hydrazine groups is 1. The lowest BCUT2D eigenvalue weighted by atomic mass is 10.2. The maximum atomic E-state index is 11.9. The van der Waals surface area contributed by atoms with Crippen molar-refractivity contribution in [1.29, 1.82) is 0 Å². The van der Waals surface area contributed by atoms with Crippen LogP contribution in [0.4, 0.5) is 0 Å². The van der Waals surface area contributed by atoms with Crippen LogP contribution in [0.15, 0.2) is 41.8 Å². The Bertz CT molecular complexity index is 674. The minimum absolute atomic E-state index is 0.0349. The van der Waals surface area contributed by atoms with Crippen molar-refractivity contribution < 1.29 is 9.59 Å². The van der Waals surface area contributed by atoms with Crippen LogP contribution >= 0.6 is 46.1 Å². The Morgan fingerprint density at radius 2 is 1.81 bits per heavy atom. The van der Waals surface area contributed by atoms with Gasteiger partial charge in [0.15, 0.2) is 5.11 Å². The second kappa shape index (κ2) is 7.48. The van der Waals surface area contributed by atoms with Crippen LogP contribution in [0.3, 0.4) is 0 Å². The molecule has 0 radical (unpaired) electrons. The molecule has 0 fully saturated rings. The van der Waals surface area contributed by atoms with Crippen LogP contribution in [-0.4, -0.2) is 16.9 Å². The van der Waals surface area contributed by atoms with Gasteiger partial charge in [-0.05, 0) is 58.4 Å². The van der Waals surface area contributed by atoms with E-state index in [0.717, 1.165) is 3.57 Å². The number of carbonyl (C=O) groups is 2. The zero-order valence-corrected chi connectivity index (χ0v) is 14.3. The number of thiocarbonyl (C=S) groups is 1. The van der Waals surface area contributed by atoms with E-state index in [2.05, 4.69) is 38.8 Å². The summed E-state index contributed by atoms with van der Waals surface area (Å²) < 4.78 is 0.822. The van der Waals surface area contributed by atoms with Crippen molar-refractivity contribution in [1.82, 2.24) is 16.2 Å². The molecule has 0 spiro atoms. The molecule has 0 aliphatic heterocycles. The van der Waals surface area contributed by atoms with Gasteiger partial charge in [0, 0.05) is 3.57 Å². The van der Waals surface area contributed by atoms with E-state index in [1.807, 2.05) is 12.1 Å². The van der Waals surface area contributed by atoms with Gasteiger partial charge in [0.25, 0.3) is 11.8 Å². The van der Waals surface area contributed by atoms with Gasteiger partial charge in [0.05, 0.1) is 10.4 Å². The minimum Gasteiger partial charge on any atom is -0.297 e. The fraction of sp³-hybridized carbons (Fsp3) is 0. The molecule has 0 atom stereocenters. The monoisotopic (exact) mass is 431 g/mol. The van der Waals surface area contributed by atoms with Gasteiger partial charge in [-0.15, -0.1) is 11.3 Å². The second-order valence-electron chi connectivity index (χ2n) is 3.82. The molecule has 5 nitrogen and oxygen atoms in total. The molecule has 2 amide bonds. The molecule has 0 aliphatic carbocycles. The van der Waals surface area contributed by atoms with Crippen molar-refractivity contribution in [3.05, 3.63) is 55.8 Å². The predicted molar refractivity (Wildman–Crippen MR) is 94.1 cm³/mol. The van der Waals surface area contributed by atoms with E-state index in [1.165, 1.54) is 11.3 Å². The molecule has 0 unspecified atom stereocenters. The van der Waals surface area contributed by atoms with Gasteiger partial charge >= 0.3 is 0 Å². The summed E-state index contributed by atoms with van der Waals surface area (Å²) in [5, 5.41) is 4.31. The van der Waals surface area contributed by atoms with Gasteiger partial charge in [0.2, 0.25) is 0 Å². The molecule has 21 heavy (non-hydrogen) atoms. The van der Waals surface area contributed by atoms with Crippen molar-refractivity contribution in [3.8, 4) is 0 Å². The molecule has 0 bridgehead atoms. The van der Waals surface area contributed by atoms with Gasteiger partial charge in [-0.2, -0.15) is 0 Å². The standard InChI is InChI=1S/C13H10IN3O2S2/c14-9-5-2-1-4-8(9)11(18)16-17-13(20)15-12(19)10-6-3-7-21-10/h1-7H,(H,16,18)(H2,15,17,19,20). The Labute approximate surface area is 144 Å². The number of amides is 2. The number of thiophene rings is 1. The first-order chi connectivity index (χ1) is 10.1. The van der Waals surface area contributed by atoms with Crippen LogP contribution in [0, 0.1) is 3.57 Å². The molecule has 108 valence electrons. The third-order valence-electron chi connectivity index (χ3n) is 2.38. The highest BCUT2D eigenvalue weighted by Gasteiger charge is 2.11. The van der Waals surface area contributed by atoms with Gasteiger partial charge in [-0.25, -0.2) is 0 Å². The van der Waals surface area contributed by atoms with Crippen molar-refractivity contribution in [2.45, 2.75) is 0 Å². The van der Waals surface area contributed by atoms with Gasteiger partial charge in [0.1, 0.15) is 0 Å². The molecule has 1 aromatic carbocycles. The number of rotatable bonds is 2. The molecule has 2 rings (SSSR count). The van der Waals surface area contributed by atoms with Gasteiger partial charge in [-0.1, -0.05) is 18.2 Å². The van der Waals surface area contributed by atoms with Crippen molar-refractivity contribution in [2.24, 2.45) is 0 Å². The summed E-state index contributed by atoms with van der Waals surface area (Å²) >= 11 is 8.33. The Kier molecular flexibility index (Phi) is 5.65. The average molecular weight is 431 g/mol. The first-order valence-corrected chi connectivity index (χ1v) is 8.14. The lowest BCUT2D eigenvalue weighted by molar-refractivity contribution is 0.0934. The van der Waals surface area contributed by atoms with Gasteiger partial charge < -0.3 is 0 Å². The van der Waals surface area contributed by atoms with Crippen molar-refractivity contribution in [3.63, 3.8) is 0 Å². The number of hydrogen-bond donors (Lipinski definition) is 3.